The van der Waals surface area contributed by atoms with Gasteiger partial charge in [-0.3, -0.25) is 9.59 Å². The summed E-state index contributed by atoms with van der Waals surface area (Å²) in [6.45, 7) is 7.94. The zero-order valence-electron chi connectivity index (χ0n) is 20.5. The summed E-state index contributed by atoms with van der Waals surface area (Å²) in [5, 5.41) is 10.2. The molecular weight excluding hydrogens is 438 g/mol. The van der Waals surface area contributed by atoms with Crippen molar-refractivity contribution in [3.8, 4) is 17.2 Å². The molecule has 186 valence electrons. The number of nitrogens with zero attached hydrogens (tertiary/aromatic N) is 1. The molecule has 0 saturated carbocycles. The minimum atomic E-state index is -0.753. The number of hydrogen-bond acceptors (Lipinski definition) is 8. The fourth-order valence-electron chi connectivity index (χ4n) is 3.47. The summed E-state index contributed by atoms with van der Waals surface area (Å²) in [4.78, 5) is 29.4. The van der Waals surface area contributed by atoms with Crippen molar-refractivity contribution in [2.45, 2.75) is 65.3 Å². The molecule has 4 atom stereocenters. The normalized spacial score (nSPS) is 14.5. The zero-order chi connectivity index (χ0) is 25.1. The first-order valence-corrected chi connectivity index (χ1v) is 11.6. The molecule has 0 aliphatic rings. The van der Waals surface area contributed by atoms with Crippen LogP contribution in [0.2, 0.25) is 0 Å². The van der Waals surface area contributed by atoms with Crippen LogP contribution in [0.4, 0.5) is 0 Å². The number of para-hydroxylation sites is 1. The van der Waals surface area contributed by atoms with Gasteiger partial charge in [0.05, 0.1) is 19.1 Å². The Morgan fingerprint density at radius 2 is 1.79 bits per heavy atom. The zero-order valence-corrected chi connectivity index (χ0v) is 20.5. The van der Waals surface area contributed by atoms with Crippen LogP contribution in [0.3, 0.4) is 0 Å². The van der Waals surface area contributed by atoms with Crippen molar-refractivity contribution in [3.05, 3.63) is 48.3 Å². The maximum atomic E-state index is 12.8. The molecule has 0 radical (unpaired) electrons. The number of pyridine rings is 1. The van der Waals surface area contributed by atoms with Gasteiger partial charge in [0, 0.05) is 25.3 Å². The van der Waals surface area contributed by atoms with Crippen molar-refractivity contribution < 1.29 is 33.6 Å². The lowest BCUT2D eigenvalue weighted by Crippen LogP contribution is -2.44. The molecule has 0 fully saturated rings. The summed E-state index contributed by atoms with van der Waals surface area (Å²) in [6, 6.07) is 10.7. The van der Waals surface area contributed by atoms with Crippen LogP contribution in [-0.2, 0) is 14.3 Å². The van der Waals surface area contributed by atoms with Crippen molar-refractivity contribution in [2.24, 2.45) is 5.92 Å². The van der Waals surface area contributed by atoms with Gasteiger partial charge < -0.3 is 24.1 Å². The monoisotopic (exact) mass is 473 g/mol. The number of esters is 1. The average molecular weight is 474 g/mol. The summed E-state index contributed by atoms with van der Waals surface area (Å²) < 4.78 is 22.9. The minimum absolute atomic E-state index is 0.140. The summed E-state index contributed by atoms with van der Waals surface area (Å²) in [6.07, 6.45) is 1.28. The summed E-state index contributed by atoms with van der Waals surface area (Å²) in [5.74, 6) is -1.34. The molecule has 1 aromatic carbocycles. The molecule has 1 N–H and O–H groups in total. The molecule has 8 heteroatoms. The van der Waals surface area contributed by atoms with Gasteiger partial charge in [-0.1, -0.05) is 39.0 Å². The Morgan fingerprint density at radius 1 is 1.09 bits per heavy atom. The molecule has 1 unspecified atom stereocenters. The van der Waals surface area contributed by atoms with E-state index in [0.29, 0.717) is 18.8 Å². The third kappa shape index (κ3) is 7.45. The second-order valence-corrected chi connectivity index (χ2v) is 8.09. The van der Waals surface area contributed by atoms with Crippen molar-refractivity contribution in [1.82, 2.24) is 4.98 Å². The topological polar surface area (TPSA) is 104 Å². The van der Waals surface area contributed by atoms with Gasteiger partial charge >= 0.3 is 5.97 Å². The van der Waals surface area contributed by atoms with Crippen LogP contribution in [0.5, 0.6) is 17.2 Å². The Hall–Kier alpha value is -3.13. The van der Waals surface area contributed by atoms with Crippen molar-refractivity contribution in [1.29, 1.82) is 0 Å². The van der Waals surface area contributed by atoms with Crippen LogP contribution < -0.4 is 9.47 Å². The van der Waals surface area contributed by atoms with Crippen LogP contribution in [-0.4, -0.2) is 53.9 Å². The highest BCUT2D eigenvalue weighted by Crippen LogP contribution is 2.29. The van der Waals surface area contributed by atoms with Gasteiger partial charge in [0.1, 0.15) is 11.9 Å². The Morgan fingerprint density at radius 3 is 2.41 bits per heavy atom. The number of methoxy groups -OCH3 is 1. The van der Waals surface area contributed by atoms with E-state index in [1.807, 2.05) is 44.2 Å². The number of carbonyl (C=O) groups excluding carboxylic acids is 2. The standard InChI is InChI=1S/C26H35NO7/c1-6-15-32-21(7-2)25(34-19-11-9-8-10-12-19)18(4)33-26(30)17(3)16-20(28)23-24(29)22(31-5)13-14-27-23/h8-14,17-18,21,25,29H,6-7,15-16H2,1-5H3/t17?,18-,21-,25-/m0/s1. The van der Waals surface area contributed by atoms with Crippen molar-refractivity contribution in [3.63, 3.8) is 0 Å². The minimum Gasteiger partial charge on any atom is -0.503 e. The van der Waals surface area contributed by atoms with E-state index < -0.39 is 29.9 Å². The maximum absolute atomic E-state index is 12.8. The average Bonchev–Trinajstić information content (AvgIpc) is 2.84. The third-order valence-electron chi connectivity index (χ3n) is 5.35. The number of rotatable bonds is 14. The van der Waals surface area contributed by atoms with Crippen molar-refractivity contribution >= 4 is 11.8 Å². The lowest BCUT2D eigenvalue weighted by Gasteiger charge is -2.32. The molecule has 0 spiro atoms. The van der Waals surface area contributed by atoms with Gasteiger partial charge in [-0.05, 0) is 31.9 Å². The summed E-state index contributed by atoms with van der Waals surface area (Å²) >= 11 is 0. The Balaban J connectivity index is 2.09. The number of benzene rings is 1. The summed E-state index contributed by atoms with van der Waals surface area (Å²) in [5.41, 5.74) is -0.142. The number of carbonyl (C=O) groups is 2. The van der Waals surface area contributed by atoms with E-state index in [0.717, 1.165) is 6.42 Å². The van der Waals surface area contributed by atoms with Gasteiger partial charge in [-0.2, -0.15) is 0 Å². The highest BCUT2D eigenvalue weighted by Gasteiger charge is 2.33. The van der Waals surface area contributed by atoms with E-state index in [-0.39, 0.29) is 29.7 Å². The van der Waals surface area contributed by atoms with Crippen LogP contribution in [0, 0.1) is 5.92 Å². The highest BCUT2D eigenvalue weighted by atomic mass is 16.6. The lowest BCUT2D eigenvalue weighted by atomic mass is 10.0. The molecule has 0 saturated heterocycles. The number of aromatic hydroxyl groups is 1. The molecule has 0 bridgehead atoms. The SMILES string of the molecule is CCCO[C@@H](CC)[C@@H](Oc1ccccc1)[C@H](C)OC(=O)C(C)CC(=O)c1nccc(OC)c1O. The maximum Gasteiger partial charge on any atom is 0.309 e. The second-order valence-electron chi connectivity index (χ2n) is 8.09. The molecular formula is C26H35NO7. The first-order valence-electron chi connectivity index (χ1n) is 11.6. The van der Waals surface area contributed by atoms with Gasteiger partial charge in [0.15, 0.2) is 29.1 Å². The molecule has 1 aromatic heterocycles. The Kier molecular flexibility index (Phi) is 10.8. The largest absolute Gasteiger partial charge is 0.503 e. The molecule has 8 nitrogen and oxygen atoms in total. The van der Waals surface area contributed by atoms with Gasteiger partial charge in [-0.15, -0.1) is 0 Å². The van der Waals surface area contributed by atoms with Gasteiger partial charge in [0.2, 0.25) is 0 Å². The number of hydrogen-bond donors (Lipinski definition) is 1. The quantitative estimate of drug-likeness (QED) is 0.314. The fourth-order valence-corrected chi connectivity index (χ4v) is 3.47. The molecule has 2 rings (SSSR count). The number of ketones is 1. The van der Waals surface area contributed by atoms with Crippen LogP contribution >= 0.6 is 0 Å². The number of aromatic nitrogens is 1. The molecule has 0 aliphatic heterocycles. The predicted molar refractivity (Wildman–Crippen MR) is 127 cm³/mol. The first-order chi connectivity index (χ1) is 16.3. The molecule has 34 heavy (non-hydrogen) atoms. The van der Waals surface area contributed by atoms with E-state index in [1.165, 1.54) is 19.4 Å². The van der Waals surface area contributed by atoms with E-state index >= 15 is 0 Å². The number of Topliss-reactive ketones (excluding diaryl/α,β-unsaturated/α-hetero) is 1. The van der Waals surface area contributed by atoms with E-state index in [4.69, 9.17) is 18.9 Å². The first kappa shape index (κ1) is 27.1. The van der Waals surface area contributed by atoms with Crippen molar-refractivity contribution in [2.75, 3.05) is 13.7 Å². The summed E-state index contributed by atoms with van der Waals surface area (Å²) in [7, 11) is 1.38. The fraction of sp³-hybridized carbons (Fsp3) is 0.500. The highest BCUT2D eigenvalue weighted by molar-refractivity contribution is 5.99. The van der Waals surface area contributed by atoms with Gasteiger partial charge in [-0.25, -0.2) is 4.98 Å². The van der Waals surface area contributed by atoms with Gasteiger partial charge in [0.25, 0.3) is 0 Å². The molecule has 2 aromatic rings. The van der Waals surface area contributed by atoms with E-state index in [9.17, 15) is 14.7 Å². The second kappa shape index (κ2) is 13.5. The molecule has 0 amide bonds. The predicted octanol–water partition coefficient (Wildman–Crippen LogP) is 4.59. The molecule has 1 heterocycles. The smallest absolute Gasteiger partial charge is 0.309 e. The van der Waals surface area contributed by atoms with Crippen LogP contribution in [0.25, 0.3) is 0 Å². The number of ether oxygens (including phenoxy) is 4. The van der Waals surface area contributed by atoms with E-state index in [2.05, 4.69) is 4.98 Å². The Labute approximate surface area is 201 Å². The Bertz CT molecular complexity index is 919. The van der Waals surface area contributed by atoms with E-state index in [1.54, 1.807) is 13.8 Å². The molecule has 0 aliphatic carbocycles. The third-order valence-corrected chi connectivity index (χ3v) is 5.35. The lowest BCUT2D eigenvalue weighted by molar-refractivity contribution is -0.162. The van der Waals surface area contributed by atoms with Crippen LogP contribution in [0.1, 0.15) is 57.4 Å². The van der Waals surface area contributed by atoms with Crippen LogP contribution in [0.15, 0.2) is 42.6 Å².